The van der Waals surface area contributed by atoms with Gasteiger partial charge in [0.25, 0.3) is 0 Å². The Kier molecular flexibility index (Phi) is 4.53. The van der Waals surface area contributed by atoms with Gasteiger partial charge in [-0.05, 0) is 29.7 Å². The summed E-state index contributed by atoms with van der Waals surface area (Å²) in [5.74, 6) is 0.274. The van der Waals surface area contributed by atoms with Gasteiger partial charge in [0.2, 0.25) is 5.91 Å². The van der Waals surface area contributed by atoms with Gasteiger partial charge >= 0.3 is 0 Å². The van der Waals surface area contributed by atoms with Crippen molar-refractivity contribution in [3.05, 3.63) is 71.9 Å². The topological polar surface area (TPSA) is 48.1 Å². The number of hydrogen-bond donors (Lipinski definition) is 2. The van der Waals surface area contributed by atoms with Gasteiger partial charge in [0.15, 0.2) is 0 Å². The molecule has 0 bridgehead atoms. The van der Waals surface area contributed by atoms with Crippen molar-refractivity contribution in [1.29, 1.82) is 0 Å². The Balaban J connectivity index is 1.53. The number of rotatable bonds is 6. The van der Waals surface area contributed by atoms with Crippen LogP contribution >= 0.6 is 0 Å². The molecule has 4 heteroatoms. The van der Waals surface area contributed by atoms with Crippen LogP contribution in [0.1, 0.15) is 30.0 Å². The van der Waals surface area contributed by atoms with Crippen LogP contribution in [0.15, 0.2) is 60.8 Å². The molecule has 2 aromatic carbocycles. The lowest BCUT2D eigenvalue weighted by Gasteiger charge is -2.25. The van der Waals surface area contributed by atoms with Crippen LogP contribution in [0.5, 0.6) is 0 Å². The molecule has 1 atom stereocenters. The second-order valence-electron chi connectivity index (χ2n) is 6.64. The van der Waals surface area contributed by atoms with E-state index in [4.69, 9.17) is 0 Å². The second kappa shape index (κ2) is 7.11. The zero-order valence-electron chi connectivity index (χ0n) is 14.2. The molecule has 2 heterocycles. The summed E-state index contributed by atoms with van der Waals surface area (Å²) >= 11 is 0. The Hall–Kier alpha value is -2.59. The first kappa shape index (κ1) is 15.9. The number of benzene rings is 2. The minimum atomic E-state index is 0.137. The molecule has 1 aromatic heterocycles. The van der Waals surface area contributed by atoms with Crippen LogP contribution in [-0.4, -0.2) is 28.9 Å². The summed E-state index contributed by atoms with van der Waals surface area (Å²) < 4.78 is 0. The molecule has 1 amide bonds. The van der Waals surface area contributed by atoms with E-state index in [1.54, 1.807) is 0 Å². The minimum Gasteiger partial charge on any atom is -0.361 e. The predicted molar refractivity (Wildman–Crippen MR) is 100 cm³/mol. The van der Waals surface area contributed by atoms with E-state index in [1.807, 2.05) is 17.2 Å². The first-order chi connectivity index (χ1) is 12.3. The molecular formula is C21H23N3O. The number of likely N-dealkylation sites (tertiary alicyclic amines) is 1. The number of H-pyrrole nitrogens is 1. The number of carbonyl (C=O) groups is 1. The molecule has 4 nitrogen and oxygen atoms in total. The fourth-order valence-electron chi connectivity index (χ4n) is 3.63. The Bertz CT molecular complexity index is 856. The summed E-state index contributed by atoms with van der Waals surface area (Å²) in [6.45, 7) is 2.37. The van der Waals surface area contributed by atoms with Gasteiger partial charge in [-0.1, -0.05) is 42.5 Å². The first-order valence-electron chi connectivity index (χ1n) is 8.92. The van der Waals surface area contributed by atoms with E-state index in [1.165, 1.54) is 16.5 Å². The molecule has 0 saturated carbocycles. The van der Waals surface area contributed by atoms with Crippen LogP contribution < -0.4 is 5.32 Å². The normalized spacial score (nSPS) is 15.8. The van der Waals surface area contributed by atoms with Crippen LogP contribution in [0.3, 0.4) is 0 Å². The first-order valence-corrected chi connectivity index (χ1v) is 8.92. The summed E-state index contributed by atoms with van der Waals surface area (Å²) in [6.07, 6.45) is 3.64. The van der Waals surface area contributed by atoms with Crippen molar-refractivity contribution in [3.63, 3.8) is 0 Å². The van der Waals surface area contributed by atoms with Gasteiger partial charge < -0.3 is 15.2 Å². The standard InChI is InChI=1S/C21H23N3O/c25-21-10-5-13-24(21)15-20(16-6-2-1-3-7-16)23-14-17-8-4-9-19-18(17)11-12-22-19/h1-4,6-9,11-12,20,22-23H,5,10,13-15H2. The maximum absolute atomic E-state index is 12.0. The lowest BCUT2D eigenvalue weighted by Crippen LogP contribution is -2.35. The molecule has 25 heavy (non-hydrogen) atoms. The highest BCUT2D eigenvalue weighted by Gasteiger charge is 2.24. The molecule has 0 spiro atoms. The van der Waals surface area contributed by atoms with Gasteiger partial charge in [-0.25, -0.2) is 0 Å². The van der Waals surface area contributed by atoms with Crippen LogP contribution in [0.4, 0.5) is 0 Å². The predicted octanol–water partition coefficient (Wildman–Crippen LogP) is 3.62. The molecule has 4 rings (SSSR count). The number of carbonyl (C=O) groups excluding carboxylic acids is 1. The van der Waals surface area contributed by atoms with Crippen molar-refractivity contribution in [2.45, 2.75) is 25.4 Å². The van der Waals surface area contributed by atoms with E-state index in [-0.39, 0.29) is 11.9 Å². The van der Waals surface area contributed by atoms with E-state index in [2.05, 4.69) is 58.8 Å². The maximum atomic E-state index is 12.0. The highest BCUT2D eigenvalue weighted by Crippen LogP contribution is 2.21. The highest BCUT2D eigenvalue weighted by atomic mass is 16.2. The van der Waals surface area contributed by atoms with Crippen LogP contribution in [0.25, 0.3) is 10.9 Å². The molecule has 3 aromatic rings. The minimum absolute atomic E-state index is 0.137. The van der Waals surface area contributed by atoms with E-state index < -0.39 is 0 Å². The number of hydrogen-bond acceptors (Lipinski definition) is 2. The smallest absolute Gasteiger partial charge is 0.222 e. The molecule has 0 aliphatic carbocycles. The van der Waals surface area contributed by atoms with Crippen molar-refractivity contribution in [2.75, 3.05) is 13.1 Å². The number of nitrogens with zero attached hydrogens (tertiary/aromatic N) is 1. The van der Waals surface area contributed by atoms with E-state index in [9.17, 15) is 4.79 Å². The zero-order valence-corrected chi connectivity index (χ0v) is 14.2. The fraction of sp³-hybridized carbons (Fsp3) is 0.286. The number of aromatic amines is 1. The summed E-state index contributed by atoms with van der Waals surface area (Å²) in [4.78, 5) is 17.3. The number of amides is 1. The summed E-state index contributed by atoms with van der Waals surface area (Å²) in [5.41, 5.74) is 3.65. The average Bonchev–Trinajstić information content (AvgIpc) is 3.28. The fourth-order valence-corrected chi connectivity index (χ4v) is 3.63. The van der Waals surface area contributed by atoms with Crippen LogP contribution in [0, 0.1) is 0 Å². The van der Waals surface area contributed by atoms with Crippen molar-refractivity contribution in [1.82, 2.24) is 15.2 Å². The zero-order chi connectivity index (χ0) is 17.1. The van der Waals surface area contributed by atoms with Crippen LogP contribution in [-0.2, 0) is 11.3 Å². The average molecular weight is 333 g/mol. The summed E-state index contributed by atoms with van der Waals surface area (Å²) in [6, 6.07) is 19.0. The maximum Gasteiger partial charge on any atom is 0.222 e. The van der Waals surface area contributed by atoms with Crippen molar-refractivity contribution in [3.8, 4) is 0 Å². The monoisotopic (exact) mass is 333 g/mol. The Morgan fingerprint density at radius 2 is 1.96 bits per heavy atom. The van der Waals surface area contributed by atoms with Crippen molar-refractivity contribution >= 4 is 16.8 Å². The third-order valence-electron chi connectivity index (χ3n) is 5.00. The molecule has 2 N–H and O–H groups in total. The Morgan fingerprint density at radius 1 is 1.08 bits per heavy atom. The number of aromatic nitrogens is 1. The van der Waals surface area contributed by atoms with Crippen molar-refractivity contribution < 1.29 is 4.79 Å². The molecule has 128 valence electrons. The van der Waals surface area contributed by atoms with E-state index >= 15 is 0 Å². The SMILES string of the molecule is O=C1CCCN1CC(NCc1cccc2[nH]ccc12)c1ccccc1. The molecule has 0 radical (unpaired) electrons. The Labute approximate surface area is 147 Å². The summed E-state index contributed by atoms with van der Waals surface area (Å²) in [7, 11) is 0. The third-order valence-corrected chi connectivity index (χ3v) is 5.00. The van der Waals surface area contributed by atoms with Gasteiger partial charge in [0, 0.05) is 43.2 Å². The van der Waals surface area contributed by atoms with E-state index in [0.717, 1.165) is 31.6 Å². The largest absolute Gasteiger partial charge is 0.361 e. The lowest BCUT2D eigenvalue weighted by molar-refractivity contribution is -0.128. The van der Waals surface area contributed by atoms with E-state index in [0.29, 0.717) is 6.42 Å². The third kappa shape index (κ3) is 3.44. The molecule has 1 unspecified atom stereocenters. The van der Waals surface area contributed by atoms with Gasteiger partial charge in [-0.2, -0.15) is 0 Å². The highest BCUT2D eigenvalue weighted by molar-refractivity contribution is 5.82. The van der Waals surface area contributed by atoms with Crippen molar-refractivity contribution in [2.24, 2.45) is 0 Å². The second-order valence-corrected chi connectivity index (χ2v) is 6.64. The number of fused-ring (bicyclic) bond motifs is 1. The molecule has 1 saturated heterocycles. The van der Waals surface area contributed by atoms with Crippen LogP contribution in [0.2, 0.25) is 0 Å². The van der Waals surface area contributed by atoms with Gasteiger partial charge in [0.05, 0.1) is 6.04 Å². The lowest BCUT2D eigenvalue weighted by atomic mass is 10.0. The molecule has 1 aliphatic heterocycles. The summed E-state index contributed by atoms with van der Waals surface area (Å²) in [5, 5.41) is 4.92. The van der Waals surface area contributed by atoms with Gasteiger partial charge in [-0.15, -0.1) is 0 Å². The molecule has 1 aliphatic rings. The number of nitrogens with one attached hydrogen (secondary N) is 2. The molecule has 1 fully saturated rings. The van der Waals surface area contributed by atoms with Gasteiger partial charge in [0.1, 0.15) is 0 Å². The molecular weight excluding hydrogens is 310 g/mol. The quantitative estimate of drug-likeness (QED) is 0.724. The Morgan fingerprint density at radius 3 is 2.76 bits per heavy atom. The van der Waals surface area contributed by atoms with Gasteiger partial charge in [-0.3, -0.25) is 4.79 Å².